The molecule has 35 heavy (non-hydrogen) atoms. The second-order valence-electron chi connectivity index (χ2n) is 8.41. The standard InChI is InChI=1S/C21H30ClN7O6/c1-4-21(11-30,12-31)27-20-25-18(22)24-19(26-20)23-9-16-34-10-15(28(2)3)17(35-16)13-5-7-14(8-6-13)29(32)33/h5-8,15-17,30-31H,4,9-12H2,1-3H3,(H2,23,24,25,26,27)/t15-,16+,17-/m0/s1. The highest BCUT2D eigenvalue weighted by Gasteiger charge is 2.35. The third kappa shape index (κ3) is 6.72. The quantitative estimate of drug-likeness (QED) is 0.253. The Kier molecular flexibility index (Phi) is 9.10. The molecule has 14 heteroatoms. The Morgan fingerprint density at radius 2 is 1.86 bits per heavy atom. The van der Waals surface area contributed by atoms with Crippen molar-refractivity contribution in [2.45, 2.75) is 37.3 Å². The minimum atomic E-state index is -1.00. The van der Waals surface area contributed by atoms with Gasteiger partial charge in [-0.3, -0.25) is 10.1 Å². The molecule has 1 aromatic heterocycles. The van der Waals surface area contributed by atoms with Crippen LogP contribution in [0.4, 0.5) is 17.6 Å². The van der Waals surface area contributed by atoms with Crippen LogP contribution in [-0.4, -0.2) is 93.3 Å². The number of non-ortho nitro benzene ring substituents is 1. The van der Waals surface area contributed by atoms with E-state index in [9.17, 15) is 20.3 Å². The van der Waals surface area contributed by atoms with Crippen molar-refractivity contribution in [3.05, 3.63) is 45.2 Å². The molecule has 1 aliphatic rings. The topological polar surface area (TPSA) is 168 Å². The number of ether oxygens (including phenoxy) is 2. The molecule has 0 radical (unpaired) electrons. The van der Waals surface area contributed by atoms with Crippen LogP contribution in [0.1, 0.15) is 25.0 Å². The van der Waals surface area contributed by atoms with Crippen molar-refractivity contribution in [2.75, 3.05) is 51.1 Å². The summed E-state index contributed by atoms with van der Waals surface area (Å²) in [5.41, 5.74) is -0.205. The van der Waals surface area contributed by atoms with Gasteiger partial charge in [0, 0.05) is 12.1 Å². The molecule has 13 nitrogen and oxygen atoms in total. The van der Waals surface area contributed by atoms with Crippen molar-refractivity contribution in [2.24, 2.45) is 0 Å². The lowest BCUT2D eigenvalue weighted by atomic mass is 9.99. The molecular weight excluding hydrogens is 482 g/mol. The number of benzene rings is 1. The molecule has 1 fully saturated rings. The molecule has 3 atom stereocenters. The van der Waals surface area contributed by atoms with E-state index in [4.69, 9.17) is 21.1 Å². The second kappa shape index (κ2) is 11.8. The molecule has 1 aromatic carbocycles. The number of likely N-dealkylation sites (N-methyl/N-ethyl adjacent to an activating group) is 1. The van der Waals surface area contributed by atoms with Crippen LogP contribution in [0.3, 0.4) is 0 Å². The van der Waals surface area contributed by atoms with Gasteiger partial charge in [0.15, 0.2) is 6.29 Å². The van der Waals surface area contributed by atoms with E-state index in [-0.39, 0.29) is 54.8 Å². The molecular formula is C21H30ClN7O6. The average Bonchev–Trinajstić information content (AvgIpc) is 2.85. The third-order valence-electron chi connectivity index (χ3n) is 5.89. The van der Waals surface area contributed by atoms with E-state index in [1.54, 1.807) is 12.1 Å². The van der Waals surface area contributed by atoms with Gasteiger partial charge in [-0.2, -0.15) is 15.0 Å². The highest BCUT2D eigenvalue weighted by Crippen LogP contribution is 2.31. The molecule has 2 heterocycles. The molecule has 0 saturated carbocycles. The monoisotopic (exact) mass is 511 g/mol. The summed E-state index contributed by atoms with van der Waals surface area (Å²) in [6, 6.07) is 6.16. The number of aromatic nitrogens is 3. The van der Waals surface area contributed by atoms with Crippen LogP contribution in [0.15, 0.2) is 24.3 Å². The van der Waals surface area contributed by atoms with Crippen molar-refractivity contribution in [3.8, 4) is 0 Å². The molecule has 1 aliphatic heterocycles. The van der Waals surface area contributed by atoms with Gasteiger partial charge in [-0.25, -0.2) is 0 Å². The summed E-state index contributed by atoms with van der Waals surface area (Å²) < 4.78 is 12.0. The Labute approximate surface area is 207 Å². The number of nitrogens with one attached hydrogen (secondary N) is 2. The maximum absolute atomic E-state index is 11.0. The van der Waals surface area contributed by atoms with Gasteiger partial charge in [0.2, 0.25) is 17.2 Å². The van der Waals surface area contributed by atoms with Crippen LogP contribution in [-0.2, 0) is 9.47 Å². The van der Waals surface area contributed by atoms with Crippen LogP contribution in [0.25, 0.3) is 0 Å². The number of hydrogen-bond donors (Lipinski definition) is 4. The minimum absolute atomic E-state index is 0.00560. The Hall–Kier alpha value is -2.68. The third-order valence-corrected chi connectivity index (χ3v) is 6.06. The minimum Gasteiger partial charge on any atom is -0.394 e. The number of anilines is 2. The zero-order valence-corrected chi connectivity index (χ0v) is 20.5. The Balaban J connectivity index is 1.70. The molecule has 192 valence electrons. The van der Waals surface area contributed by atoms with Crippen molar-refractivity contribution in [3.63, 3.8) is 0 Å². The lowest BCUT2D eigenvalue weighted by molar-refractivity contribution is -0.384. The van der Waals surface area contributed by atoms with Crippen molar-refractivity contribution in [1.29, 1.82) is 0 Å². The van der Waals surface area contributed by atoms with Crippen LogP contribution >= 0.6 is 11.6 Å². The number of hydrogen-bond acceptors (Lipinski definition) is 12. The van der Waals surface area contributed by atoms with E-state index in [1.165, 1.54) is 12.1 Å². The number of nitrogens with zero attached hydrogens (tertiary/aromatic N) is 5. The summed E-state index contributed by atoms with van der Waals surface area (Å²) in [6.07, 6.45) is -0.625. The fourth-order valence-corrected chi connectivity index (χ4v) is 3.70. The van der Waals surface area contributed by atoms with E-state index in [1.807, 2.05) is 25.9 Å². The number of rotatable bonds is 11. The summed E-state index contributed by atoms with van der Waals surface area (Å²) >= 11 is 6.04. The fraction of sp³-hybridized carbons (Fsp3) is 0.571. The molecule has 0 bridgehead atoms. The summed E-state index contributed by atoms with van der Waals surface area (Å²) in [4.78, 5) is 24.8. The molecule has 1 saturated heterocycles. The first-order valence-corrected chi connectivity index (χ1v) is 11.4. The van der Waals surface area contributed by atoms with Gasteiger partial charge in [-0.1, -0.05) is 6.92 Å². The predicted molar refractivity (Wildman–Crippen MR) is 128 cm³/mol. The number of nitro groups is 1. The molecule has 0 amide bonds. The summed E-state index contributed by atoms with van der Waals surface area (Å²) in [5.74, 6) is 0.251. The van der Waals surface area contributed by atoms with Gasteiger partial charge in [0.1, 0.15) is 6.10 Å². The lowest BCUT2D eigenvalue weighted by Crippen LogP contribution is -2.47. The van der Waals surface area contributed by atoms with Crippen LogP contribution in [0.5, 0.6) is 0 Å². The van der Waals surface area contributed by atoms with E-state index in [0.29, 0.717) is 13.0 Å². The zero-order valence-electron chi connectivity index (χ0n) is 19.7. The molecule has 0 spiro atoms. The van der Waals surface area contributed by atoms with E-state index in [0.717, 1.165) is 5.56 Å². The van der Waals surface area contributed by atoms with Gasteiger partial charge >= 0.3 is 0 Å². The molecule has 0 unspecified atom stereocenters. The fourth-order valence-electron chi connectivity index (χ4n) is 3.54. The smallest absolute Gasteiger partial charge is 0.269 e. The highest BCUT2D eigenvalue weighted by molar-refractivity contribution is 6.28. The Morgan fingerprint density at radius 1 is 1.20 bits per heavy atom. The second-order valence-corrected chi connectivity index (χ2v) is 8.74. The van der Waals surface area contributed by atoms with E-state index in [2.05, 4.69) is 25.6 Å². The summed E-state index contributed by atoms with van der Waals surface area (Å²) in [6.45, 7) is 1.71. The van der Waals surface area contributed by atoms with Gasteiger partial charge in [0.25, 0.3) is 5.69 Å². The van der Waals surface area contributed by atoms with Gasteiger partial charge in [-0.15, -0.1) is 0 Å². The first-order chi connectivity index (χ1) is 16.7. The molecule has 0 aliphatic carbocycles. The van der Waals surface area contributed by atoms with Crippen molar-refractivity contribution >= 4 is 29.2 Å². The maximum Gasteiger partial charge on any atom is 0.269 e. The van der Waals surface area contributed by atoms with Gasteiger partial charge in [-0.05, 0) is 49.8 Å². The number of aliphatic hydroxyl groups is 2. The molecule has 4 N–H and O–H groups in total. The number of aliphatic hydroxyl groups excluding tert-OH is 2. The Bertz CT molecular complexity index is 984. The average molecular weight is 512 g/mol. The molecule has 3 rings (SSSR count). The first kappa shape index (κ1) is 26.9. The summed E-state index contributed by atoms with van der Waals surface area (Å²) in [7, 11) is 3.82. The maximum atomic E-state index is 11.0. The lowest BCUT2D eigenvalue weighted by Gasteiger charge is -2.40. The SMILES string of the molecule is CCC(CO)(CO)Nc1nc(Cl)nc(NC[C@@H]2OC[C@H](N(C)C)[C@H](c3ccc([N+](=O)[O-])cc3)O2)n1. The van der Waals surface area contributed by atoms with E-state index < -0.39 is 16.8 Å². The van der Waals surface area contributed by atoms with Crippen molar-refractivity contribution < 1.29 is 24.6 Å². The van der Waals surface area contributed by atoms with Crippen LogP contribution in [0.2, 0.25) is 5.28 Å². The number of halogens is 1. The summed E-state index contributed by atoms with van der Waals surface area (Å²) in [5, 5.41) is 36.2. The van der Waals surface area contributed by atoms with Crippen molar-refractivity contribution in [1.82, 2.24) is 19.9 Å². The van der Waals surface area contributed by atoms with E-state index >= 15 is 0 Å². The van der Waals surface area contributed by atoms with Gasteiger partial charge in [0.05, 0.1) is 42.9 Å². The molecule has 2 aromatic rings. The van der Waals surface area contributed by atoms with Crippen LogP contribution in [0, 0.1) is 10.1 Å². The zero-order chi connectivity index (χ0) is 25.6. The highest BCUT2D eigenvalue weighted by atomic mass is 35.5. The first-order valence-electron chi connectivity index (χ1n) is 11.0. The Morgan fingerprint density at radius 3 is 2.43 bits per heavy atom. The predicted octanol–water partition coefficient (Wildman–Crippen LogP) is 1.43. The van der Waals surface area contributed by atoms with Gasteiger partial charge < -0.3 is 35.2 Å². The largest absolute Gasteiger partial charge is 0.394 e. The normalized spacial score (nSPS) is 20.6. The number of nitro benzene ring substituents is 1. The van der Waals surface area contributed by atoms with Crippen LogP contribution < -0.4 is 10.6 Å².